The number of nitrogens with zero attached hydrogens (tertiary/aromatic N) is 1. The summed E-state index contributed by atoms with van der Waals surface area (Å²) in [5.41, 5.74) is 7.43. The molecule has 2 rings (SSSR count). The Kier molecular flexibility index (Phi) is 4.39. The first-order valence-electron chi connectivity index (χ1n) is 6.34. The molecule has 0 saturated heterocycles. The second-order valence-electron chi connectivity index (χ2n) is 4.51. The number of benzene rings is 1. The van der Waals surface area contributed by atoms with E-state index in [-0.39, 0.29) is 5.91 Å². The third-order valence-corrected chi connectivity index (χ3v) is 4.24. The molecule has 6 nitrogen and oxygen atoms in total. The normalized spacial score (nSPS) is 15.2. The van der Waals surface area contributed by atoms with E-state index < -0.39 is 12.1 Å². The summed E-state index contributed by atoms with van der Waals surface area (Å²) in [5, 5.41) is 4.67. The molecule has 1 heterocycles. The molecule has 0 radical (unpaired) electrons. The van der Waals surface area contributed by atoms with Gasteiger partial charge in [0.2, 0.25) is 5.91 Å². The van der Waals surface area contributed by atoms with Gasteiger partial charge < -0.3 is 16.0 Å². The third kappa shape index (κ3) is 2.98. The van der Waals surface area contributed by atoms with Gasteiger partial charge in [-0.2, -0.15) is 0 Å². The Morgan fingerprint density at radius 2 is 2.20 bits per heavy atom. The van der Waals surface area contributed by atoms with Crippen LogP contribution >= 0.6 is 11.8 Å². The van der Waals surface area contributed by atoms with Gasteiger partial charge in [0.15, 0.2) is 0 Å². The summed E-state index contributed by atoms with van der Waals surface area (Å²) in [7, 11) is 1.47. The fourth-order valence-corrected chi connectivity index (χ4v) is 3.07. The summed E-state index contributed by atoms with van der Waals surface area (Å²) < 4.78 is 0. The van der Waals surface area contributed by atoms with Crippen LogP contribution in [0.2, 0.25) is 0 Å². The molecule has 7 heteroatoms. The van der Waals surface area contributed by atoms with E-state index in [0.29, 0.717) is 5.69 Å². The number of nitrogens with two attached hydrogens (primary N) is 1. The summed E-state index contributed by atoms with van der Waals surface area (Å²) in [6, 6.07) is 4.75. The Hall–Kier alpha value is -1.89. The molecule has 4 N–H and O–H groups in total. The zero-order chi connectivity index (χ0) is 14.7. The molecule has 3 amide bonds. The number of hydrogen-bond donors (Lipinski definition) is 3. The zero-order valence-corrected chi connectivity index (χ0v) is 12.3. The van der Waals surface area contributed by atoms with Crippen molar-refractivity contribution in [1.29, 1.82) is 0 Å². The lowest BCUT2D eigenvalue weighted by atomic mass is 10.2. The number of anilines is 2. The van der Waals surface area contributed by atoms with Gasteiger partial charge in [0.1, 0.15) is 6.04 Å². The summed E-state index contributed by atoms with van der Waals surface area (Å²) >= 11 is 1.74. The zero-order valence-electron chi connectivity index (χ0n) is 11.5. The maximum absolute atomic E-state index is 12.1. The molecule has 108 valence electrons. The number of hydrogen-bond acceptors (Lipinski definition) is 5. The molecule has 0 bridgehead atoms. The molecule has 20 heavy (non-hydrogen) atoms. The van der Waals surface area contributed by atoms with Crippen LogP contribution in [-0.2, 0) is 4.79 Å². The number of rotatable bonds is 2. The lowest BCUT2D eigenvalue weighted by Gasteiger charge is -2.35. The summed E-state index contributed by atoms with van der Waals surface area (Å²) in [4.78, 5) is 26.4. The number of urea groups is 1. The Labute approximate surface area is 122 Å². The molecule has 0 fully saturated rings. The fourth-order valence-electron chi connectivity index (χ4n) is 2.08. The smallest absolute Gasteiger partial charge is 0.321 e. The van der Waals surface area contributed by atoms with E-state index in [1.807, 2.05) is 23.1 Å². The molecule has 1 atom stereocenters. The van der Waals surface area contributed by atoms with Crippen molar-refractivity contribution < 1.29 is 9.59 Å². The van der Waals surface area contributed by atoms with Crippen LogP contribution in [0.5, 0.6) is 0 Å². The molecule has 1 aromatic rings. The molecule has 1 aliphatic rings. The van der Waals surface area contributed by atoms with E-state index in [9.17, 15) is 9.59 Å². The Morgan fingerprint density at radius 3 is 2.90 bits per heavy atom. The molecule has 0 spiro atoms. The van der Waals surface area contributed by atoms with Crippen LogP contribution in [0, 0.1) is 0 Å². The number of fused-ring (bicyclic) bond motifs is 1. The van der Waals surface area contributed by atoms with Crippen LogP contribution in [0.25, 0.3) is 0 Å². The molecular formula is C13H18N4O2S. The van der Waals surface area contributed by atoms with E-state index in [4.69, 9.17) is 5.73 Å². The van der Waals surface area contributed by atoms with Crippen molar-refractivity contribution >= 4 is 35.1 Å². The minimum Gasteiger partial charge on any atom is -0.399 e. The SMILES string of the molecule is CNC(=O)NC(=O)C(C)N1CCSc2ccc(N)cc21. The molecule has 1 aromatic carbocycles. The van der Waals surface area contributed by atoms with Crippen molar-refractivity contribution in [2.75, 3.05) is 30.0 Å². The highest BCUT2D eigenvalue weighted by atomic mass is 32.2. The van der Waals surface area contributed by atoms with Gasteiger partial charge in [0.05, 0.1) is 5.69 Å². The number of carbonyl (C=O) groups is 2. The van der Waals surface area contributed by atoms with E-state index in [2.05, 4.69) is 10.6 Å². The van der Waals surface area contributed by atoms with E-state index in [1.165, 1.54) is 7.05 Å². The minimum absolute atomic E-state index is 0.329. The summed E-state index contributed by atoms with van der Waals surface area (Å²) in [6.07, 6.45) is 0. The van der Waals surface area contributed by atoms with Crippen molar-refractivity contribution in [1.82, 2.24) is 10.6 Å². The molecule has 0 aliphatic carbocycles. The monoisotopic (exact) mass is 294 g/mol. The number of carbonyl (C=O) groups excluding carboxylic acids is 2. The van der Waals surface area contributed by atoms with Gasteiger partial charge in [-0.15, -0.1) is 11.8 Å². The van der Waals surface area contributed by atoms with E-state index in [0.717, 1.165) is 22.9 Å². The molecule has 1 unspecified atom stereocenters. The van der Waals surface area contributed by atoms with Crippen molar-refractivity contribution in [2.24, 2.45) is 0 Å². The van der Waals surface area contributed by atoms with Gasteiger partial charge in [-0.1, -0.05) is 0 Å². The molecule has 0 saturated carbocycles. The highest BCUT2D eigenvalue weighted by molar-refractivity contribution is 7.99. The average Bonchev–Trinajstić information content (AvgIpc) is 2.45. The van der Waals surface area contributed by atoms with Gasteiger partial charge in [-0.25, -0.2) is 4.79 Å². The quantitative estimate of drug-likeness (QED) is 0.709. The van der Waals surface area contributed by atoms with Gasteiger partial charge in [0.25, 0.3) is 0 Å². The van der Waals surface area contributed by atoms with Crippen LogP contribution in [0.4, 0.5) is 16.2 Å². The van der Waals surface area contributed by atoms with Crippen molar-refractivity contribution in [3.05, 3.63) is 18.2 Å². The molecular weight excluding hydrogens is 276 g/mol. The lowest BCUT2D eigenvalue weighted by Crippen LogP contribution is -2.50. The first-order valence-corrected chi connectivity index (χ1v) is 7.33. The first-order chi connectivity index (χ1) is 9.52. The van der Waals surface area contributed by atoms with Crippen LogP contribution in [0.3, 0.4) is 0 Å². The highest BCUT2D eigenvalue weighted by Crippen LogP contribution is 2.37. The number of thioether (sulfide) groups is 1. The van der Waals surface area contributed by atoms with Gasteiger partial charge in [-0.3, -0.25) is 10.1 Å². The predicted octanol–water partition coefficient (Wildman–Crippen LogP) is 1.02. The van der Waals surface area contributed by atoms with Crippen LogP contribution in [-0.4, -0.2) is 37.3 Å². The lowest BCUT2D eigenvalue weighted by molar-refractivity contribution is -0.121. The largest absolute Gasteiger partial charge is 0.399 e. The topological polar surface area (TPSA) is 87.5 Å². The van der Waals surface area contributed by atoms with Gasteiger partial charge in [-0.05, 0) is 25.1 Å². The number of amides is 3. The van der Waals surface area contributed by atoms with Crippen LogP contribution in [0.1, 0.15) is 6.92 Å². The maximum atomic E-state index is 12.1. The highest BCUT2D eigenvalue weighted by Gasteiger charge is 2.27. The van der Waals surface area contributed by atoms with Gasteiger partial charge in [0, 0.05) is 29.9 Å². The minimum atomic E-state index is -0.499. The van der Waals surface area contributed by atoms with Crippen LogP contribution < -0.4 is 21.3 Å². The van der Waals surface area contributed by atoms with Crippen molar-refractivity contribution in [2.45, 2.75) is 17.9 Å². The van der Waals surface area contributed by atoms with Crippen molar-refractivity contribution in [3.63, 3.8) is 0 Å². The third-order valence-electron chi connectivity index (χ3n) is 3.19. The van der Waals surface area contributed by atoms with E-state index in [1.54, 1.807) is 18.7 Å². The Morgan fingerprint density at radius 1 is 1.45 bits per heavy atom. The Bertz CT molecular complexity index is 535. The van der Waals surface area contributed by atoms with Gasteiger partial charge >= 0.3 is 6.03 Å². The maximum Gasteiger partial charge on any atom is 0.321 e. The standard InChI is InChI=1S/C13H18N4O2S/c1-8(12(18)16-13(19)15-2)17-5-6-20-11-4-3-9(14)7-10(11)17/h3-4,7-8H,5-6,14H2,1-2H3,(H2,15,16,18,19). The second-order valence-corrected chi connectivity index (χ2v) is 5.65. The van der Waals surface area contributed by atoms with E-state index >= 15 is 0 Å². The number of imide groups is 1. The fraction of sp³-hybridized carbons (Fsp3) is 0.385. The Balaban J connectivity index is 2.20. The summed E-state index contributed by atoms with van der Waals surface area (Å²) in [5.74, 6) is 0.568. The van der Waals surface area contributed by atoms with Crippen LogP contribution in [0.15, 0.2) is 23.1 Å². The number of nitrogens with one attached hydrogen (secondary N) is 2. The number of nitrogen functional groups attached to an aromatic ring is 1. The first kappa shape index (κ1) is 14.5. The molecule has 1 aliphatic heterocycles. The summed E-state index contributed by atoms with van der Waals surface area (Å²) in [6.45, 7) is 2.52. The predicted molar refractivity (Wildman–Crippen MR) is 81.0 cm³/mol. The second kappa shape index (κ2) is 6.04. The van der Waals surface area contributed by atoms with Crippen molar-refractivity contribution in [3.8, 4) is 0 Å². The molecule has 0 aromatic heterocycles. The average molecular weight is 294 g/mol.